The van der Waals surface area contributed by atoms with Gasteiger partial charge in [-0.2, -0.15) is 10.5 Å². The van der Waals surface area contributed by atoms with Crippen molar-refractivity contribution in [3.8, 4) is 12.1 Å². The minimum absolute atomic E-state index is 0.328. The van der Waals surface area contributed by atoms with Gasteiger partial charge >= 0.3 is 7.12 Å². The fourth-order valence-electron chi connectivity index (χ4n) is 5.17. The molecule has 0 aromatic heterocycles. The van der Waals surface area contributed by atoms with E-state index in [1.165, 1.54) is 12.1 Å². The minimum Gasteiger partial charge on any atom is -0.399 e. The zero-order valence-electron chi connectivity index (χ0n) is 25.2. The minimum atomic E-state index is -0.673. The second-order valence-electron chi connectivity index (χ2n) is 12.1. The van der Waals surface area contributed by atoms with Crippen LogP contribution in [0.3, 0.4) is 0 Å². The third kappa shape index (κ3) is 6.90. The van der Waals surface area contributed by atoms with Crippen LogP contribution in [0.25, 0.3) is 0 Å². The van der Waals surface area contributed by atoms with Crippen molar-refractivity contribution in [1.29, 1.82) is 10.5 Å². The van der Waals surface area contributed by atoms with Gasteiger partial charge in [0.2, 0.25) is 0 Å². The molecular formula is C30H38BBrF2N6O2. The molecule has 2 aromatic carbocycles. The van der Waals surface area contributed by atoms with E-state index in [1.807, 2.05) is 51.6 Å². The molecule has 0 unspecified atom stereocenters. The van der Waals surface area contributed by atoms with Gasteiger partial charge in [-0.25, -0.2) is 8.78 Å². The van der Waals surface area contributed by atoms with Gasteiger partial charge in [0.15, 0.2) is 0 Å². The smallest absolute Gasteiger partial charge is 0.399 e. The maximum Gasteiger partial charge on any atom is 0.494 e. The first-order chi connectivity index (χ1) is 19.8. The molecule has 0 bridgehead atoms. The lowest BCUT2D eigenvalue weighted by Gasteiger charge is -2.34. The Balaban J connectivity index is 0.000000208. The van der Waals surface area contributed by atoms with Gasteiger partial charge in [-0.05, 0) is 71.5 Å². The molecule has 0 N–H and O–H groups in total. The summed E-state index contributed by atoms with van der Waals surface area (Å²) in [5, 5.41) is 18.6. The van der Waals surface area contributed by atoms with Crippen molar-refractivity contribution in [3.05, 3.63) is 51.5 Å². The van der Waals surface area contributed by atoms with E-state index in [0.29, 0.717) is 45.5 Å². The number of nitrogens with zero attached hydrogens (tertiary/aromatic N) is 6. The summed E-state index contributed by atoms with van der Waals surface area (Å²) in [6.07, 6.45) is 0. The van der Waals surface area contributed by atoms with Crippen molar-refractivity contribution >= 4 is 39.9 Å². The lowest BCUT2D eigenvalue weighted by molar-refractivity contribution is 0.00578. The van der Waals surface area contributed by atoms with Crippen molar-refractivity contribution in [2.24, 2.45) is 0 Å². The number of anilines is 2. The first kappa shape index (κ1) is 32.2. The summed E-state index contributed by atoms with van der Waals surface area (Å²) in [5.74, 6) is -0.728. The Kier molecular flexibility index (Phi) is 9.86. The second-order valence-corrected chi connectivity index (χ2v) is 13.0. The zero-order chi connectivity index (χ0) is 30.8. The van der Waals surface area contributed by atoms with E-state index in [4.69, 9.17) is 14.6 Å². The van der Waals surface area contributed by atoms with E-state index in [-0.39, 0.29) is 5.82 Å². The van der Waals surface area contributed by atoms with Gasteiger partial charge in [0, 0.05) is 56.8 Å². The highest BCUT2D eigenvalue weighted by Crippen LogP contribution is 2.37. The van der Waals surface area contributed by atoms with Gasteiger partial charge in [-0.15, -0.1) is 0 Å². The highest BCUT2D eigenvalue weighted by atomic mass is 79.9. The number of benzene rings is 2. The summed E-state index contributed by atoms with van der Waals surface area (Å²) >= 11 is 3.20. The SMILES string of the molecule is CN1CCN(c2c(F)cc(B3OC(C)(C)C(C)(C)O3)cc2C#N)CC1.CN1CCN(c2c(F)cc(Br)cc2C#N)CC1. The number of likely N-dealkylation sites (N-methyl/N-ethyl adjacent to an activating group) is 2. The monoisotopic (exact) mass is 642 g/mol. The molecule has 0 saturated carbocycles. The summed E-state index contributed by atoms with van der Waals surface area (Å²) in [7, 11) is 3.41. The quantitative estimate of drug-likeness (QED) is 0.466. The van der Waals surface area contributed by atoms with Crippen LogP contribution in [0.4, 0.5) is 20.2 Å². The molecule has 0 radical (unpaired) electrons. The third-order valence-electron chi connectivity index (χ3n) is 8.52. The van der Waals surface area contributed by atoms with E-state index in [9.17, 15) is 14.0 Å². The standard InChI is InChI=1S/C18H25BFN3O2.C12H13BrFN3/c1-17(2)18(3,4)25-19(24-17)14-10-13(12-21)16(15(20)11-14)23-8-6-22(5)7-9-23;1-16-2-4-17(5-3-16)12-9(8-15)6-10(13)7-11(12)14/h10-11H,6-9H2,1-5H3;6-7H,2-5H2,1H3. The van der Waals surface area contributed by atoms with E-state index >= 15 is 0 Å². The molecule has 42 heavy (non-hydrogen) atoms. The highest BCUT2D eigenvalue weighted by molar-refractivity contribution is 9.10. The number of nitriles is 2. The van der Waals surface area contributed by atoms with Crippen molar-refractivity contribution in [2.75, 3.05) is 76.3 Å². The van der Waals surface area contributed by atoms with Crippen LogP contribution in [0, 0.1) is 34.3 Å². The molecule has 3 fully saturated rings. The van der Waals surface area contributed by atoms with Gasteiger partial charge in [0.1, 0.15) is 23.8 Å². The van der Waals surface area contributed by atoms with Crippen molar-refractivity contribution in [1.82, 2.24) is 9.80 Å². The molecule has 0 spiro atoms. The van der Waals surface area contributed by atoms with Crippen LogP contribution in [0.5, 0.6) is 0 Å². The molecule has 3 aliphatic heterocycles. The molecule has 2 aromatic rings. The number of rotatable bonds is 3. The molecule has 8 nitrogen and oxygen atoms in total. The van der Waals surface area contributed by atoms with E-state index in [0.717, 1.165) is 39.3 Å². The summed E-state index contributed by atoms with van der Waals surface area (Å²) in [5.41, 5.74) is 1.08. The van der Waals surface area contributed by atoms with Crippen molar-refractivity contribution in [3.63, 3.8) is 0 Å². The number of halogens is 3. The normalized spacial score (nSPS) is 20.5. The molecule has 3 saturated heterocycles. The fraction of sp³-hybridized carbons (Fsp3) is 0.533. The maximum absolute atomic E-state index is 14.9. The predicted octanol–water partition coefficient (Wildman–Crippen LogP) is 3.96. The molecule has 224 valence electrons. The fourth-order valence-corrected chi connectivity index (χ4v) is 5.60. The Morgan fingerprint density at radius 3 is 1.55 bits per heavy atom. The second kappa shape index (κ2) is 12.9. The lowest BCUT2D eigenvalue weighted by Crippen LogP contribution is -2.45. The molecule has 12 heteroatoms. The molecule has 5 rings (SSSR count). The van der Waals surface area contributed by atoms with Gasteiger partial charge < -0.3 is 28.9 Å². The van der Waals surface area contributed by atoms with Gasteiger partial charge in [-0.1, -0.05) is 15.9 Å². The predicted molar refractivity (Wildman–Crippen MR) is 165 cm³/mol. The first-order valence-corrected chi connectivity index (χ1v) is 14.9. The van der Waals surface area contributed by atoms with Crippen LogP contribution in [0.1, 0.15) is 38.8 Å². The summed E-state index contributed by atoms with van der Waals surface area (Å²) in [6.45, 7) is 14.2. The zero-order valence-corrected chi connectivity index (χ0v) is 26.8. The lowest BCUT2D eigenvalue weighted by atomic mass is 9.78. The average Bonchev–Trinajstić information content (AvgIpc) is 3.16. The van der Waals surface area contributed by atoms with Crippen LogP contribution in [-0.2, 0) is 9.31 Å². The van der Waals surface area contributed by atoms with Crippen LogP contribution in [-0.4, -0.2) is 94.6 Å². The Bertz CT molecular complexity index is 1360. The summed E-state index contributed by atoms with van der Waals surface area (Å²) in [4.78, 5) is 8.28. The van der Waals surface area contributed by atoms with Crippen LogP contribution < -0.4 is 15.3 Å². The van der Waals surface area contributed by atoms with E-state index < -0.39 is 24.1 Å². The Labute approximate surface area is 256 Å². The van der Waals surface area contributed by atoms with Crippen LogP contribution in [0.2, 0.25) is 0 Å². The van der Waals surface area contributed by atoms with Crippen molar-refractivity contribution < 1.29 is 18.1 Å². The summed E-state index contributed by atoms with van der Waals surface area (Å²) in [6, 6.07) is 10.4. The van der Waals surface area contributed by atoms with Gasteiger partial charge in [0.05, 0.1) is 33.7 Å². The summed E-state index contributed by atoms with van der Waals surface area (Å²) < 4.78 is 41.4. The maximum atomic E-state index is 14.9. The number of hydrogen-bond donors (Lipinski definition) is 0. The third-order valence-corrected chi connectivity index (χ3v) is 8.98. The van der Waals surface area contributed by atoms with Crippen LogP contribution in [0.15, 0.2) is 28.7 Å². The Morgan fingerprint density at radius 2 is 1.12 bits per heavy atom. The van der Waals surface area contributed by atoms with Gasteiger partial charge in [0.25, 0.3) is 0 Å². The topological polar surface area (TPSA) is 79.0 Å². The van der Waals surface area contributed by atoms with E-state index in [2.05, 4.69) is 37.9 Å². The van der Waals surface area contributed by atoms with E-state index in [1.54, 1.807) is 12.1 Å². The Hall–Kier alpha value is -2.74. The Morgan fingerprint density at radius 1 is 0.714 bits per heavy atom. The largest absolute Gasteiger partial charge is 0.494 e. The molecular weight excluding hydrogens is 605 g/mol. The first-order valence-electron chi connectivity index (χ1n) is 14.1. The molecule has 0 amide bonds. The highest BCUT2D eigenvalue weighted by Gasteiger charge is 2.52. The van der Waals surface area contributed by atoms with Crippen molar-refractivity contribution in [2.45, 2.75) is 38.9 Å². The molecule has 0 aliphatic carbocycles. The van der Waals surface area contributed by atoms with Crippen LogP contribution >= 0.6 is 15.9 Å². The number of hydrogen-bond acceptors (Lipinski definition) is 8. The van der Waals surface area contributed by atoms with Gasteiger partial charge in [-0.3, -0.25) is 0 Å². The molecule has 3 heterocycles. The molecule has 0 atom stereocenters. The molecule has 3 aliphatic rings. The average molecular weight is 643 g/mol. The number of piperazine rings is 2.